The van der Waals surface area contributed by atoms with Crippen molar-refractivity contribution >= 4 is 17.3 Å². The van der Waals surface area contributed by atoms with E-state index in [1.54, 1.807) is 18.3 Å². The third-order valence-corrected chi connectivity index (χ3v) is 3.71. The van der Waals surface area contributed by atoms with Gasteiger partial charge >= 0.3 is 0 Å². The van der Waals surface area contributed by atoms with Crippen molar-refractivity contribution in [3.63, 3.8) is 0 Å². The predicted octanol–water partition coefficient (Wildman–Crippen LogP) is 3.07. The van der Waals surface area contributed by atoms with E-state index in [9.17, 15) is 4.79 Å². The van der Waals surface area contributed by atoms with Crippen LogP contribution in [0.3, 0.4) is 0 Å². The molecular formula is C18H18N4O. The number of hydrogen-bond donors (Lipinski definition) is 2. The monoisotopic (exact) mass is 306 g/mol. The molecule has 1 aromatic heterocycles. The zero-order valence-corrected chi connectivity index (χ0v) is 12.9. The van der Waals surface area contributed by atoms with Crippen LogP contribution in [0.5, 0.6) is 0 Å². The first kappa shape index (κ1) is 14.8. The number of para-hydroxylation sites is 2. The number of nitrogen functional groups attached to an aromatic ring is 1. The summed E-state index contributed by atoms with van der Waals surface area (Å²) in [6.45, 7) is 2.68. The van der Waals surface area contributed by atoms with Gasteiger partial charge < -0.3 is 11.1 Å². The molecule has 0 bridgehead atoms. The van der Waals surface area contributed by atoms with Gasteiger partial charge in [0.05, 0.1) is 17.9 Å². The first-order valence-electron chi connectivity index (χ1n) is 7.36. The molecule has 0 saturated carbocycles. The van der Waals surface area contributed by atoms with Crippen LogP contribution in [0, 0.1) is 6.92 Å². The molecule has 0 radical (unpaired) electrons. The Morgan fingerprint density at radius 1 is 1.22 bits per heavy atom. The maximum absolute atomic E-state index is 12.4. The second-order valence-electron chi connectivity index (χ2n) is 5.39. The van der Waals surface area contributed by atoms with Crippen molar-refractivity contribution < 1.29 is 4.79 Å². The van der Waals surface area contributed by atoms with E-state index in [0.29, 0.717) is 23.5 Å². The summed E-state index contributed by atoms with van der Waals surface area (Å²) in [6.07, 6.45) is 3.67. The van der Waals surface area contributed by atoms with E-state index in [4.69, 9.17) is 5.73 Å². The number of hydrogen-bond acceptors (Lipinski definition) is 3. The first-order chi connectivity index (χ1) is 11.1. The highest BCUT2D eigenvalue weighted by atomic mass is 16.1. The Bertz CT molecular complexity index is 825. The van der Waals surface area contributed by atoms with E-state index < -0.39 is 0 Å². The van der Waals surface area contributed by atoms with Crippen LogP contribution in [0.2, 0.25) is 0 Å². The van der Waals surface area contributed by atoms with Crippen LogP contribution in [0.15, 0.2) is 60.9 Å². The van der Waals surface area contributed by atoms with Gasteiger partial charge in [-0.1, -0.05) is 18.2 Å². The quantitative estimate of drug-likeness (QED) is 0.728. The van der Waals surface area contributed by atoms with Crippen molar-refractivity contribution in [3.8, 4) is 0 Å². The molecule has 2 aromatic carbocycles. The molecule has 1 heterocycles. The number of benzene rings is 2. The molecule has 116 valence electrons. The van der Waals surface area contributed by atoms with E-state index >= 15 is 0 Å². The van der Waals surface area contributed by atoms with Crippen LogP contribution in [0.25, 0.3) is 0 Å². The molecule has 3 rings (SSSR count). The average Bonchev–Trinajstić information content (AvgIpc) is 3.04. The molecule has 0 aliphatic rings. The van der Waals surface area contributed by atoms with Crippen molar-refractivity contribution in [1.82, 2.24) is 9.78 Å². The highest BCUT2D eigenvalue weighted by Gasteiger charge is 2.10. The summed E-state index contributed by atoms with van der Waals surface area (Å²) in [5, 5.41) is 7.04. The minimum absolute atomic E-state index is 0.170. The normalized spacial score (nSPS) is 10.5. The molecule has 23 heavy (non-hydrogen) atoms. The SMILES string of the molecule is Cc1cc(C(=O)Nc2ccccc2N)ccc1Cn1cccn1. The van der Waals surface area contributed by atoms with Gasteiger partial charge in [0.1, 0.15) is 0 Å². The Morgan fingerprint density at radius 3 is 2.74 bits per heavy atom. The average molecular weight is 306 g/mol. The lowest BCUT2D eigenvalue weighted by molar-refractivity contribution is 0.102. The molecule has 0 fully saturated rings. The Kier molecular flexibility index (Phi) is 4.10. The summed E-state index contributed by atoms with van der Waals surface area (Å²) in [4.78, 5) is 12.4. The fourth-order valence-corrected chi connectivity index (χ4v) is 2.39. The maximum atomic E-state index is 12.4. The van der Waals surface area contributed by atoms with Gasteiger partial charge in [0, 0.05) is 18.0 Å². The number of aromatic nitrogens is 2. The van der Waals surface area contributed by atoms with Gasteiger partial charge in [0.2, 0.25) is 0 Å². The highest BCUT2D eigenvalue weighted by Crippen LogP contribution is 2.19. The Labute approximate surface area is 134 Å². The van der Waals surface area contributed by atoms with Gasteiger partial charge in [-0.2, -0.15) is 5.10 Å². The van der Waals surface area contributed by atoms with E-state index in [0.717, 1.165) is 11.1 Å². The number of nitrogens with one attached hydrogen (secondary N) is 1. The number of rotatable bonds is 4. The highest BCUT2D eigenvalue weighted by molar-refractivity contribution is 6.05. The van der Waals surface area contributed by atoms with E-state index in [1.807, 2.05) is 54.2 Å². The molecule has 0 aliphatic heterocycles. The van der Waals surface area contributed by atoms with E-state index in [1.165, 1.54) is 0 Å². The van der Waals surface area contributed by atoms with Gasteiger partial charge in [0.25, 0.3) is 5.91 Å². The lowest BCUT2D eigenvalue weighted by Crippen LogP contribution is -2.14. The summed E-state index contributed by atoms with van der Waals surface area (Å²) in [7, 11) is 0. The standard InChI is InChI=1S/C18H18N4O/c1-13-11-14(7-8-15(13)12-22-10-4-9-20-22)18(23)21-17-6-3-2-5-16(17)19/h2-11H,12,19H2,1H3,(H,21,23). The second kappa shape index (κ2) is 6.36. The molecule has 0 saturated heterocycles. The van der Waals surface area contributed by atoms with Crippen molar-refractivity contribution in [3.05, 3.63) is 77.6 Å². The van der Waals surface area contributed by atoms with Gasteiger partial charge in [-0.3, -0.25) is 9.48 Å². The minimum Gasteiger partial charge on any atom is -0.397 e. The number of nitrogens with two attached hydrogens (primary N) is 1. The summed E-state index contributed by atoms with van der Waals surface area (Å²) in [5.41, 5.74) is 9.81. The number of anilines is 2. The fourth-order valence-electron chi connectivity index (χ4n) is 2.39. The Hall–Kier alpha value is -3.08. The Balaban J connectivity index is 1.77. The van der Waals surface area contributed by atoms with Gasteiger partial charge in [-0.15, -0.1) is 0 Å². The third-order valence-electron chi connectivity index (χ3n) is 3.71. The summed E-state index contributed by atoms with van der Waals surface area (Å²) in [5.74, 6) is -0.170. The number of nitrogens with zero attached hydrogens (tertiary/aromatic N) is 2. The fraction of sp³-hybridized carbons (Fsp3) is 0.111. The molecule has 0 unspecified atom stereocenters. The lowest BCUT2D eigenvalue weighted by atomic mass is 10.0. The molecule has 5 heteroatoms. The van der Waals surface area contributed by atoms with Gasteiger partial charge in [-0.25, -0.2) is 0 Å². The van der Waals surface area contributed by atoms with Crippen LogP contribution >= 0.6 is 0 Å². The molecular weight excluding hydrogens is 288 g/mol. The zero-order valence-electron chi connectivity index (χ0n) is 12.9. The van der Waals surface area contributed by atoms with Crippen LogP contribution in [-0.2, 0) is 6.54 Å². The molecule has 0 aliphatic carbocycles. The smallest absolute Gasteiger partial charge is 0.255 e. The summed E-state index contributed by atoms with van der Waals surface area (Å²) in [6, 6.07) is 14.8. The molecule has 0 spiro atoms. The Morgan fingerprint density at radius 2 is 2.04 bits per heavy atom. The largest absolute Gasteiger partial charge is 0.397 e. The predicted molar refractivity (Wildman–Crippen MR) is 91.3 cm³/mol. The first-order valence-corrected chi connectivity index (χ1v) is 7.36. The summed E-state index contributed by atoms with van der Waals surface area (Å²) >= 11 is 0. The third kappa shape index (κ3) is 3.40. The van der Waals surface area contributed by atoms with Crippen molar-refractivity contribution in [1.29, 1.82) is 0 Å². The van der Waals surface area contributed by atoms with Crippen LogP contribution in [0.4, 0.5) is 11.4 Å². The van der Waals surface area contributed by atoms with Gasteiger partial charge in [0.15, 0.2) is 0 Å². The van der Waals surface area contributed by atoms with E-state index in [-0.39, 0.29) is 5.91 Å². The number of aryl methyl sites for hydroxylation is 1. The number of carbonyl (C=O) groups is 1. The second-order valence-corrected chi connectivity index (χ2v) is 5.39. The zero-order chi connectivity index (χ0) is 16.2. The summed E-state index contributed by atoms with van der Waals surface area (Å²) < 4.78 is 1.85. The maximum Gasteiger partial charge on any atom is 0.255 e. The number of amides is 1. The van der Waals surface area contributed by atoms with Crippen LogP contribution in [-0.4, -0.2) is 15.7 Å². The van der Waals surface area contributed by atoms with E-state index in [2.05, 4.69) is 10.4 Å². The van der Waals surface area contributed by atoms with Crippen molar-refractivity contribution in [2.75, 3.05) is 11.1 Å². The van der Waals surface area contributed by atoms with Crippen molar-refractivity contribution in [2.24, 2.45) is 0 Å². The topological polar surface area (TPSA) is 72.9 Å². The molecule has 3 N–H and O–H groups in total. The van der Waals surface area contributed by atoms with Crippen LogP contribution < -0.4 is 11.1 Å². The molecule has 0 atom stereocenters. The minimum atomic E-state index is -0.170. The number of carbonyl (C=O) groups excluding carboxylic acids is 1. The molecule has 5 nitrogen and oxygen atoms in total. The van der Waals surface area contributed by atoms with Gasteiger partial charge in [-0.05, 0) is 48.4 Å². The van der Waals surface area contributed by atoms with Crippen LogP contribution in [0.1, 0.15) is 21.5 Å². The molecule has 1 amide bonds. The lowest BCUT2D eigenvalue weighted by Gasteiger charge is -2.11. The molecule has 3 aromatic rings. The van der Waals surface area contributed by atoms with Crippen molar-refractivity contribution in [2.45, 2.75) is 13.5 Å².